The monoisotopic (exact) mass is 346 g/mol. The SMILES string of the molecule is CC(C)NC(=O)C(=O)NCCCc1ccc(N2CCN(C)CC2)cc1. The third-order valence-electron chi connectivity index (χ3n) is 4.36. The molecule has 25 heavy (non-hydrogen) atoms. The number of hydrogen-bond acceptors (Lipinski definition) is 4. The third kappa shape index (κ3) is 6.38. The van der Waals surface area contributed by atoms with Gasteiger partial charge in [0, 0.05) is 44.5 Å². The number of benzene rings is 1. The lowest BCUT2D eigenvalue weighted by Gasteiger charge is -2.34. The summed E-state index contributed by atoms with van der Waals surface area (Å²) in [7, 11) is 2.16. The molecule has 1 aromatic rings. The first-order valence-corrected chi connectivity index (χ1v) is 9.07. The smallest absolute Gasteiger partial charge is 0.309 e. The Morgan fingerprint density at radius 2 is 1.68 bits per heavy atom. The van der Waals surface area contributed by atoms with Gasteiger partial charge in [-0.25, -0.2) is 0 Å². The minimum atomic E-state index is -0.563. The van der Waals surface area contributed by atoms with Crippen LogP contribution in [0.25, 0.3) is 0 Å². The fourth-order valence-electron chi connectivity index (χ4n) is 2.84. The molecule has 6 nitrogen and oxygen atoms in total. The summed E-state index contributed by atoms with van der Waals surface area (Å²) in [6, 6.07) is 8.63. The van der Waals surface area contributed by atoms with Gasteiger partial charge in [0.1, 0.15) is 0 Å². The minimum Gasteiger partial charge on any atom is -0.369 e. The number of anilines is 1. The third-order valence-corrected chi connectivity index (χ3v) is 4.36. The molecule has 1 aliphatic heterocycles. The Balaban J connectivity index is 1.69. The van der Waals surface area contributed by atoms with Crippen molar-refractivity contribution in [1.82, 2.24) is 15.5 Å². The maximum atomic E-state index is 11.6. The Bertz CT molecular complexity index is 563. The molecule has 0 unspecified atom stereocenters. The fraction of sp³-hybridized carbons (Fsp3) is 0.579. The van der Waals surface area contributed by atoms with Crippen LogP contribution in [-0.4, -0.2) is 62.5 Å². The van der Waals surface area contributed by atoms with E-state index in [-0.39, 0.29) is 6.04 Å². The van der Waals surface area contributed by atoms with Gasteiger partial charge in [-0.05, 0) is 51.4 Å². The largest absolute Gasteiger partial charge is 0.369 e. The Hall–Kier alpha value is -2.08. The van der Waals surface area contributed by atoms with Crippen LogP contribution in [0.4, 0.5) is 5.69 Å². The van der Waals surface area contributed by atoms with Crippen molar-refractivity contribution >= 4 is 17.5 Å². The maximum absolute atomic E-state index is 11.6. The zero-order chi connectivity index (χ0) is 18.2. The molecule has 0 radical (unpaired) electrons. The molecule has 0 aliphatic carbocycles. The number of nitrogens with zero attached hydrogens (tertiary/aromatic N) is 2. The Morgan fingerprint density at radius 1 is 1.04 bits per heavy atom. The molecule has 1 fully saturated rings. The molecular weight excluding hydrogens is 316 g/mol. The molecule has 1 aliphatic rings. The molecule has 6 heteroatoms. The highest BCUT2D eigenvalue weighted by atomic mass is 16.2. The molecule has 1 heterocycles. The average Bonchev–Trinajstić information content (AvgIpc) is 2.59. The number of carbonyl (C=O) groups is 2. The maximum Gasteiger partial charge on any atom is 0.309 e. The molecule has 2 rings (SSSR count). The molecular formula is C19H30N4O2. The van der Waals surface area contributed by atoms with Crippen LogP contribution < -0.4 is 15.5 Å². The van der Waals surface area contributed by atoms with Gasteiger partial charge in [0.2, 0.25) is 0 Å². The lowest BCUT2D eigenvalue weighted by molar-refractivity contribution is -0.139. The van der Waals surface area contributed by atoms with E-state index in [4.69, 9.17) is 0 Å². The van der Waals surface area contributed by atoms with E-state index in [1.807, 2.05) is 13.8 Å². The van der Waals surface area contributed by atoms with E-state index >= 15 is 0 Å². The van der Waals surface area contributed by atoms with Crippen LogP contribution in [0.5, 0.6) is 0 Å². The van der Waals surface area contributed by atoms with Crippen molar-refractivity contribution in [1.29, 1.82) is 0 Å². The van der Waals surface area contributed by atoms with E-state index in [1.165, 1.54) is 11.3 Å². The minimum absolute atomic E-state index is 0.0305. The van der Waals surface area contributed by atoms with Gasteiger partial charge in [-0.15, -0.1) is 0 Å². The van der Waals surface area contributed by atoms with Crippen LogP contribution in [-0.2, 0) is 16.0 Å². The molecule has 0 spiro atoms. The Morgan fingerprint density at radius 3 is 2.28 bits per heavy atom. The van der Waals surface area contributed by atoms with Crippen LogP contribution in [0.3, 0.4) is 0 Å². The quantitative estimate of drug-likeness (QED) is 0.596. The lowest BCUT2D eigenvalue weighted by Crippen LogP contribution is -2.44. The van der Waals surface area contributed by atoms with Crippen LogP contribution in [0.15, 0.2) is 24.3 Å². The van der Waals surface area contributed by atoms with E-state index in [1.54, 1.807) is 0 Å². The normalized spacial score (nSPS) is 15.3. The molecule has 138 valence electrons. The van der Waals surface area contributed by atoms with Gasteiger partial charge in [0.05, 0.1) is 0 Å². The van der Waals surface area contributed by atoms with Crippen molar-refractivity contribution < 1.29 is 9.59 Å². The molecule has 1 aromatic carbocycles. The second-order valence-corrected chi connectivity index (χ2v) is 6.94. The number of amides is 2. The van der Waals surface area contributed by atoms with Crippen LogP contribution >= 0.6 is 0 Å². The van der Waals surface area contributed by atoms with Crippen LogP contribution in [0, 0.1) is 0 Å². The van der Waals surface area contributed by atoms with Gasteiger partial charge in [0.25, 0.3) is 0 Å². The zero-order valence-corrected chi connectivity index (χ0v) is 15.5. The second kappa shape index (κ2) is 9.42. The standard InChI is InChI=1S/C19H30N4O2/c1-15(2)21-19(25)18(24)20-10-4-5-16-6-8-17(9-7-16)23-13-11-22(3)12-14-23/h6-9,15H,4-5,10-14H2,1-3H3,(H,20,24)(H,21,25). The topological polar surface area (TPSA) is 64.7 Å². The highest BCUT2D eigenvalue weighted by Gasteiger charge is 2.14. The predicted octanol–water partition coefficient (Wildman–Crippen LogP) is 1.01. The number of nitrogens with one attached hydrogen (secondary N) is 2. The van der Waals surface area contributed by atoms with Crippen molar-refractivity contribution in [2.45, 2.75) is 32.7 Å². The number of likely N-dealkylation sites (N-methyl/N-ethyl adjacent to an activating group) is 1. The molecule has 0 saturated carbocycles. The highest BCUT2D eigenvalue weighted by molar-refractivity contribution is 6.35. The number of hydrogen-bond donors (Lipinski definition) is 2. The summed E-state index contributed by atoms with van der Waals surface area (Å²) >= 11 is 0. The van der Waals surface area contributed by atoms with Gasteiger partial charge in [-0.3, -0.25) is 9.59 Å². The van der Waals surface area contributed by atoms with E-state index < -0.39 is 11.8 Å². The van der Waals surface area contributed by atoms with Crippen molar-refractivity contribution in [3.8, 4) is 0 Å². The molecule has 0 aromatic heterocycles. The summed E-state index contributed by atoms with van der Waals surface area (Å²) in [6.45, 7) is 8.51. The molecule has 0 atom stereocenters. The summed E-state index contributed by atoms with van der Waals surface area (Å²) < 4.78 is 0. The predicted molar refractivity (Wildman–Crippen MR) is 101 cm³/mol. The molecule has 1 saturated heterocycles. The van der Waals surface area contributed by atoms with E-state index in [9.17, 15) is 9.59 Å². The second-order valence-electron chi connectivity index (χ2n) is 6.94. The zero-order valence-electron chi connectivity index (χ0n) is 15.5. The van der Waals surface area contributed by atoms with Crippen molar-refractivity contribution in [2.75, 3.05) is 44.7 Å². The first kappa shape index (κ1) is 19.2. The van der Waals surface area contributed by atoms with Gasteiger partial charge in [-0.2, -0.15) is 0 Å². The van der Waals surface area contributed by atoms with Gasteiger partial charge < -0.3 is 20.4 Å². The summed E-state index contributed by atoms with van der Waals surface area (Å²) in [4.78, 5) is 27.9. The highest BCUT2D eigenvalue weighted by Crippen LogP contribution is 2.17. The number of piperazine rings is 1. The number of rotatable bonds is 6. The van der Waals surface area contributed by atoms with Gasteiger partial charge in [0.15, 0.2) is 0 Å². The first-order valence-electron chi connectivity index (χ1n) is 9.07. The van der Waals surface area contributed by atoms with Crippen molar-refractivity contribution in [2.24, 2.45) is 0 Å². The molecule has 0 bridgehead atoms. The van der Waals surface area contributed by atoms with Gasteiger partial charge in [-0.1, -0.05) is 12.1 Å². The first-order chi connectivity index (χ1) is 12.0. The molecule has 2 amide bonds. The van der Waals surface area contributed by atoms with Crippen LogP contribution in [0.2, 0.25) is 0 Å². The Kier molecular flexibility index (Phi) is 7.25. The summed E-state index contributed by atoms with van der Waals surface area (Å²) in [6.07, 6.45) is 1.70. The fourth-order valence-corrected chi connectivity index (χ4v) is 2.84. The summed E-state index contributed by atoms with van der Waals surface area (Å²) in [5.74, 6) is -1.12. The summed E-state index contributed by atoms with van der Waals surface area (Å²) in [5.41, 5.74) is 2.52. The van der Waals surface area contributed by atoms with Crippen LogP contribution in [0.1, 0.15) is 25.8 Å². The van der Waals surface area contributed by atoms with E-state index in [2.05, 4.69) is 51.7 Å². The van der Waals surface area contributed by atoms with E-state index in [0.29, 0.717) is 6.54 Å². The van der Waals surface area contributed by atoms with Gasteiger partial charge >= 0.3 is 11.8 Å². The molecule has 2 N–H and O–H groups in total. The number of carbonyl (C=O) groups excluding carboxylic acids is 2. The summed E-state index contributed by atoms with van der Waals surface area (Å²) in [5, 5.41) is 5.24. The lowest BCUT2D eigenvalue weighted by atomic mass is 10.1. The van der Waals surface area contributed by atoms with E-state index in [0.717, 1.165) is 39.0 Å². The Labute approximate surface area is 150 Å². The average molecular weight is 346 g/mol. The van der Waals surface area contributed by atoms with Crippen molar-refractivity contribution in [3.05, 3.63) is 29.8 Å². The number of aryl methyl sites for hydroxylation is 1. The van der Waals surface area contributed by atoms with Crippen molar-refractivity contribution in [3.63, 3.8) is 0 Å².